The van der Waals surface area contributed by atoms with Crippen molar-refractivity contribution in [1.29, 1.82) is 0 Å². The van der Waals surface area contributed by atoms with E-state index in [1.165, 1.54) is 9.80 Å². The highest BCUT2D eigenvalue weighted by Crippen LogP contribution is 2.32. The first-order valence-corrected chi connectivity index (χ1v) is 8.38. The molecule has 0 radical (unpaired) electrons. The second kappa shape index (κ2) is 7.97. The smallest absolute Gasteiger partial charge is 0.238 e. The topological polar surface area (TPSA) is 40.6 Å². The Balaban J connectivity index is 2.55. The van der Waals surface area contributed by atoms with Crippen molar-refractivity contribution < 1.29 is 9.59 Å². The van der Waals surface area contributed by atoms with Gasteiger partial charge in [-0.2, -0.15) is 0 Å². The minimum atomic E-state index is -1.16. The minimum Gasteiger partial charge on any atom is -0.348 e. The monoisotopic (exact) mass is 338 g/mol. The van der Waals surface area contributed by atoms with Crippen molar-refractivity contribution in [2.24, 2.45) is 5.41 Å². The molecule has 2 rings (SSSR count). The summed E-state index contributed by atoms with van der Waals surface area (Å²) in [5.41, 5.74) is 0.795. The van der Waals surface area contributed by atoms with E-state index in [1.807, 2.05) is 60.7 Å². The van der Waals surface area contributed by atoms with Gasteiger partial charge in [0.05, 0.1) is 0 Å². The van der Waals surface area contributed by atoms with Crippen molar-refractivity contribution in [2.45, 2.75) is 12.8 Å². The molecule has 0 aliphatic carbocycles. The highest BCUT2D eigenvalue weighted by molar-refractivity contribution is 6.05. The first-order valence-electron chi connectivity index (χ1n) is 8.38. The van der Waals surface area contributed by atoms with Gasteiger partial charge in [0.15, 0.2) is 0 Å². The quantitative estimate of drug-likeness (QED) is 0.760. The summed E-state index contributed by atoms with van der Waals surface area (Å²) in [7, 11) is 6.82. The van der Waals surface area contributed by atoms with Crippen LogP contribution >= 0.6 is 0 Å². The van der Waals surface area contributed by atoms with Crippen LogP contribution in [-0.2, 0) is 22.4 Å². The summed E-state index contributed by atoms with van der Waals surface area (Å²) in [4.78, 5) is 29.4. The molecule has 0 N–H and O–H groups in total. The zero-order valence-corrected chi connectivity index (χ0v) is 15.4. The highest BCUT2D eigenvalue weighted by Gasteiger charge is 2.47. The Hall–Kier alpha value is -2.62. The second-order valence-electron chi connectivity index (χ2n) is 6.81. The lowest BCUT2D eigenvalue weighted by molar-refractivity contribution is -0.153. The van der Waals surface area contributed by atoms with Crippen LogP contribution in [0.4, 0.5) is 0 Å². The predicted molar refractivity (Wildman–Crippen MR) is 100 cm³/mol. The van der Waals surface area contributed by atoms with Gasteiger partial charge >= 0.3 is 0 Å². The number of hydrogen-bond acceptors (Lipinski definition) is 2. The third-order valence-electron chi connectivity index (χ3n) is 4.33. The molecule has 2 aromatic carbocycles. The molecule has 0 atom stereocenters. The van der Waals surface area contributed by atoms with E-state index in [2.05, 4.69) is 0 Å². The van der Waals surface area contributed by atoms with Crippen molar-refractivity contribution >= 4 is 11.8 Å². The number of amides is 2. The van der Waals surface area contributed by atoms with Crippen LogP contribution in [0.3, 0.4) is 0 Å². The van der Waals surface area contributed by atoms with Crippen LogP contribution in [0.5, 0.6) is 0 Å². The van der Waals surface area contributed by atoms with Gasteiger partial charge in [-0.05, 0) is 24.0 Å². The average molecular weight is 338 g/mol. The molecule has 4 nitrogen and oxygen atoms in total. The summed E-state index contributed by atoms with van der Waals surface area (Å²) >= 11 is 0. The lowest BCUT2D eigenvalue weighted by Crippen LogP contribution is -2.53. The van der Waals surface area contributed by atoms with Crippen LogP contribution < -0.4 is 0 Å². The molecule has 0 fully saturated rings. The SMILES string of the molecule is CN(C)C(=O)C(Cc1ccccc1)(Cc1ccccc1)C(=O)N(C)C. The number of hydrogen-bond donors (Lipinski definition) is 0. The van der Waals surface area contributed by atoms with E-state index in [1.54, 1.807) is 28.2 Å². The molecule has 0 aromatic heterocycles. The van der Waals surface area contributed by atoms with Gasteiger partial charge in [0.25, 0.3) is 0 Å². The van der Waals surface area contributed by atoms with Crippen molar-refractivity contribution in [3.63, 3.8) is 0 Å². The van der Waals surface area contributed by atoms with Crippen molar-refractivity contribution in [3.8, 4) is 0 Å². The fraction of sp³-hybridized carbons (Fsp3) is 0.333. The van der Waals surface area contributed by atoms with Crippen LogP contribution in [-0.4, -0.2) is 49.8 Å². The van der Waals surface area contributed by atoms with E-state index in [0.29, 0.717) is 12.8 Å². The lowest BCUT2D eigenvalue weighted by Gasteiger charge is -2.36. The largest absolute Gasteiger partial charge is 0.348 e. The third-order valence-corrected chi connectivity index (χ3v) is 4.33. The van der Waals surface area contributed by atoms with E-state index in [9.17, 15) is 9.59 Å². The van der Waals surface area contributed by atoms with Crippen LogP contribution in [0.2, 0.25) is 0 Å². The maximum Gasteiger partial charge on any atom is 0.238 e. The molecule has 0 bridgehead atoms. The molecule has 132 valence electrons. The lowest BCUT2D eigenvalue weighted by atomic mass is 9.74. The van der Waals surface area contributed by atoms with Gasteiger partial charge in [0, 0.05) is 28.2 Å². The zero-order chi connectivity index (χ0) is 18.4. The van der Waals surface area contributed by atoms with Crippen molar-refractivity contribution in [1.82, 2.24) is 9.80 Å². The Kier molecular flexibility index (Phi) is 5.97. The Labute approximate surface area is 150 Å². The van der Waals surface area contributed by atoms with Crippen LogP contribution in [0.1, 0.15) is 11.1 Å². The zero-order valence-electron chi connectivity index (χ0n) is 15.4. The van der Waals surface area contributed by atoms with Crippen LogP contribution in [0.25, 0.3) is 0 Å². The van der Waals surface area contributed by atoms with E-state index < -0.39 is 5.41 Å². The number of nitrogens with zero attached hydrogens (tertiary/aromatic N) is 2. The van der Waals surface area contributed by atoms with Crippen LogP contribution in [0.15, 0.2) is 60.7 Å². The molecule has 2 amide bonds. The Morgan fingerprint density at radius 2 is 1.00 bits per heavy atom. The van der Waals surface area contributed by atoms with E-state index in [4.69, 9.17) is 0 Å². The fourth-order valence-electron chi connectivity index (χ4n) is 3.20. The molecule has 0 heterocycles. The van der Waals surface area contributed by atoms with Crippen LogP contribution in [0, 0.1) is 5.41 Å². The predicted octanol–water partition coefficient (Wildman–Crippen LogP) is 2.63. The Bertz CT molecular complexity index is 646. The van der Waals surface area contributed by atoms with Gasteiger partial charge in [-0.1, -0.05) is 60.7 Å². The fourth-order valence-corrected chi connectivity index (χ4v) is 3.20. The molecule has 25 heavy (non-hydrogen) atoms. The average Bonchev–Trinajstić information content (AvgIpc) is 2.61. The minimum absolute atomic E-state index is 0.168. The van der Waals surface area contributed by atoms with Gasteiger partial charge in [0.2, 0.25) is 11.8 Å². The summed E-state index contributed by atoms with van der Waals surface area (Å²) in [6.07, 6.45) is 0.744. The van der Waals surface area contributed by atoms with Crippen molar-refractivity contribution in [3.05, 3.63) is 71.8 Å². The highest BCUT2D eigenvalue weighted by atomic mass is 16.2. The Morgan fingerprint density at radius 3 is 1.28 bits per heavy atom. The number of carbonyl (C=O) groups excluding carboxylic acids is 2. The van der Waals surface area contributed by atoms with Crippen molar-refractivity contribution in [2.75, 3.05) is 28.2 Å². The number of rotatable bonds is 6. The first kappa shape index (κ1) is 18.7. The molecule has 0 aliphatic heterocycles. The number of benzene rings is 2. The maximum absolute atomic E-state index is 13.2. The molecule has 0 saturated carbocycles. The molecular weight excluding hydrogens is 312 g/mol. The second-order valence-corrected chi connectivity index (χ2v) is 6.81. The summed E-state index contributed by atoms with van der Waals surface area (Å²) in [6, 6.07) is 19.5. The molecule has 0 spiro atoms. The molecule has 0 saturated heterocycles. The van der Waals surface area contributed by atoms with Gasteiger partial charge in [0.1, 0.15) is 5.41 Å². The standard InChI is InChI=1S/C21H26N2O2/c1-22(2)19(24)21(20(25)23(3)4,15-17-11-7-5-8-12-17)16-18-13-9-6-10-14-18/h5-14H,15-16H2,1-4H3. The molecule has 4 heteroatoms. The van der Waals surface area contributed by atoms with E-state index >= 15 is 0 Å². The third kappa shape index (κ3) is 4.27. The molecular formula is C21H26N2O2. The molecule has 0 aliphatic rings. The number of carbonyl (C=O) groups is 2. The van der Waals surface area contributed by atoms with E-state index in [-0.39, 0.29) is 11.8 Å². The summed E-state index contributed by atoms with van der Waals surface area (Å²) in [5.74, 6) is -0.335. The summed E-state index contributed by atoms with van der Waals surface area (Å²) in [6.45, 7) is 0. The van der Waals surface area contributed by atoms with E-state index in [0.717, 1.165) is 11.1 Å². The van der Waals surface area contributed by atoms with Gasteiger partial charge in [-0.15, -0.1) is 0 Å². The first-order chi connectivity index (χ1) is 11.9. The molecule has 0 unspecified atom stereocenters. The molecule has 2 aromatic rings. The van der Waals surface area contributed by atoms with Gasteiger partial charge in [-0.25, -0.2) is 0 Å². The van der Waals surface area contributed by atoms with Gasteiger partial charge in [-0.3, -0.25) is 9.59 Å². The summed E-state index contributed by atoms with van der Waals surface area (Å²) in [5, 5.41) is 0. The normalized spacial score (nSPS) is 11.0. The maximum atomic E-state index is 13.2. The summed E-state index contributed by atoms with van der Waals surface area (Å²) < 4.78 is 0. The Morgan fingerprint density at radius 1 is 0.680 bits per heavy atom. The van der Waals surface area contributed by atoms with Gasteiger partial charge < -0.3 is 9.80 Å².